The lowest BCUT2D eigenvalue weighted by atomic mass is 9.83. The highest BCUT2D eigenvalue weighted by Crippen LogP contribution is 2.47. The van der Waals surface area contributed by atoms with Crippen LogP contribution in [0.25, 0.3) is 0 Å². The van der Waals surface area contributed by atoms with Crippen molar-refractivity contribution >= 4 is 11.8 Å². The van der Waals surface area contributed by atoms with Crippen molar-refractivity contribution in [1.29, 1.82) is 0 Å². The molecule has 0 spiro atoms. The molecule has 0 atom stereocenters. The van der Waals surface area contributed by atoms with Gasteiger partial charge in [-0.15, -0.1) is 11.8 Å². The molecule has 0 aliphatic heterocycles. The summed E-state index contributed by atoms with van der Waals surface area (Å²) in [6.07, 6.45) is 3.25. The Morgan fingerprint density at radius 3 is 2.05 bits per heavy atom. The molecule has 126 valence electrons. The van der Waals surface area contributed by atoms with Gasteiger partial charge in [0.15, 0.2) is 0 Å². The summed E-state index contributed by atoms with van der Waals surface area (Å²) < 4.78 is 11.5. The largest absolute Gasteiger partial charge is 0.495 e. The van der Waals surface area contributed by atoms with Crippen LogP contribution < -0.4 is 9.47 Å². The summed E-state index contributed by atoms with van der Waals surface area (Å²) >= 11 is 1.85. The Hall–Kier alpha value is -0.830. The molecule has 0 unspecified atom stereocenters. The van der Waals surface area contributed by atoms with Gasteiger partial charge in [0.1, 0.15) is 11.5 Å². The fourth-order valence-electron chi connectivity index (χ4n) is 2.19. The van der Waals surface area contributed by atoms with Gasteiger partial charge in [0, 0.05) is 4.75 Å². The van der Waals surface area contributed by atoms with E-state index in [0.29, 0.717) is 0 Å². The third kappa shape index (κ3) is 4.84. The van der Waals surface area contributed by atoms with Crippen molar-refractivity contribution in [2.45, 2.75) is 70.4 Å². The lowest BCUT2D eigenvalue weighted by molar-refractivity contribution is 0.331. The Morgan fingerprint density at radius 2 is 1.59 bits per heavy atom. The minimum Gasteiger partial charge on any atom is -0.495 e. The first-order chi connectivity index (χ1) is 10.2. The molecule has 0 aliphatic carbocycles. The van der Waals surface area contributed by atoms with Gasteiger partial charge < -0.3 is 9.47 Å². The smallest absolute Gasteiger partial charge is 0.139 e. The van der Waals surface area contributed by atoms with E-state index in [9.17, 15) is 0 Å². The maximum atomic E-state index is 5.80. The summed E-state index contributed by atoms with van der Waals surface area (Å²) in [5, 5.41) is 0. The van der Waals surface area contributed by atoms with Crippen LogP contribution in [-0.2, 0) is 6.42 Å². The van der Waals surface area contributed by atoms with Crippen LogP contribution in [0, 0.1) is 5.41 Å². The Kier molecular flexibility index (Phi) is 6.66. The van der Waals surface area contributed by atoms with Crippen molar-refractivity contribution < 1.29 is 9.47 Å². The molecule has 0 saturated carbocycles. The van der Waals surface area contributed by atoms with Crippen LogP contribution in [0.2, 0.25) is 0 Å². The van der Waals surface area contributed by atoms with Crippen LogP contribution >= 0.6 is 11.8 Å². The van der Waals surface area contributed by atoms with Gasteiger partial charge in [0.05, 0.1) is 19.1 Å². The highest BCUT2D eigenvalue weighted by Gasteiger charge is 2.26. The lowest BCUT2D eigenvalue weighted by Crippen LogP contribution is -2.16. The second-order valence-electron chi connectivity index (χ2n) is 7.20. The van der Waals surface area contributed by atoms with E-state index in [1.807, 2.05) is 11.8 Å². The van der Waals surface area contributed by atoms with Crippen LogP contribution in [0.3, 0.4) is 0 Å². The lowest BCUT2D eigenvalue weighted by Gasteiger charge is -2.28. The number of methoxy groups -OCH3 is 2. The maximum Gasteiger partial charge on any atom is 0.139 e. The molecule has 22 heavy (non-hydrogen) atoms. The Labute approximate surface area is 141 Å². The Bertz CT molecular complexity index is 492. The Morgan fingerprint density at radius 1 is 0.955 bits per heavy atom. The summed E-state index contributed by atoms with van der Waals surface area (Å²) in [7, 11) is 3.49. The molecule has 1 rings (SSSR count). The average molecular weight is 325 g/mol. The van der Waals surface area contributed by atoms with E-state index in [0.717, 1.165) is 35.7 Å². The minimum atomic E-state index is 0.152. The quantitative estimate of drug-likeness (QED) is 0.549. The summed E-state index contributed by atoms with van der Waals surface area (Å²) in [5.41, 5.74) is 1.54. The molecule has 0 fully saturated rings. The fraction of sp³-hybridized carbons (Fsp3) is 0.684. The number of thioether (sulfide) groups is 1. The molecule has 1 aromatic rings. The first-order valence-corrected chi connectivity index (χ1v) is 8.94. The van der Waals surface area contributed by atoms with E-state index in [-0.39, 0.29) is 10.2 Å². The molecule has 0 aliphatic rings. The number of ether oxygens (including phenoxy) is 2. The van der Waals surface area contributed by atoms with Crippen LogP contribution in [0.15, 0.2) is 17.0 Å². The van der Waals surface area contributed by atoms with E-state index in [4.69, 9.17) is 9.47 Å². The van der Waals surface area contributed by atoms with Gasteiger partial charge in [-0.1, -0.05) is 54.0 Å². The van der Waals surface area contributed by atoms with Crippen molar-refractivity contribution in [2.75, 3.05) is 14.2 Å². The van der Waals surface area contributed by atoms with Gasteiger partial charge in [-0.2, -0.15) is 0 Å². The van der Waals surface area contributed by atoms with E-state index < -0.39 is 0 Å². The predicted molar refractivity (Wildman–Crippen MR) is 97.5 cm³/mol. The average Bonchev–Trinajstić information content (AvgIpc) is 2.47. The molecular formula is C19H32O2S. The normalized spacial score (nSPS) is 12.4. The number of rotatable bonds is 8. The molecule has 0 heterocycles. The van der Waals surface area contributed by atoms with Crippen LogP contribution in [0.4, 0.5) is 0 Å². The molecule has 0 saturated heterocycles. The molecule has 0 bridgehead atoms. The first-order valence-electron chi connectivity index (χ1n) is 8.12. The van der Waals surface area contributed by atoms with Crippen LogP contribution in [-0.4, -0.2) is 19.0 Å². The zero-order chi connectivity index (χ0) is 17.0. The second-order valence-corrected chi connectivity index (χ2v) is 8.92. The van der Waals surface area contributed by atoms with Crippen LogP contribution in [0.1, 0.15) is 59.9 Å². The fourth-order valence-corrected chi connectivity index (χ4v) is 3.45. The summed E-state index contributed by atoms with van der Waals surface area (Å²) in [4.78, 5) is 1.13. The zero-order valence-electron chi connectivity index (χ0n) is 15.5. The highest BCUT2D eigenvalue weighted by atomic mass is 32.2. The van der Waals surface area contributed by atoms with Crippen molar-refractivity contribution in [3.8, 4) is 11.5 Å². The van der Waals surface area contributed by atoms with Crippen molar-refractivity contribution in [1.82, 2.24) is 0 Å². The molecular weight excluding hydrogens is 292 g/mol. The molecule has 1 aromatic carbocycles. The third-order valence-electron chi connectivity index (χ3n) is 4.44. The third-order valence-corrected chi connectivity index (χ3v) is 5.87. The summed E-state index contributed by atoms with van der Waals surface area (Å²) in [5.74, 6) is 1.88. The highest BCUT2D eigenvalue weighted by molar-refractivity contribution is 8.00. The van der Waals surface area contributed by atoms with E-state index in [1.165, 1.54) is 5.56 Å². The van der Waals surface area contributed by atoms with Gasteiger partial charge in [0.25, 0.3) is 0 Å². The SMILES string of the molecule is CCC(C)(C)Cc1ccc(OC)c(SC(C)(C)CC)c1OC. The first kappa shape index (κ1) is 19.2. The van der Waals surface area contributed by atoms with Gasteiger partial charge in [-0.25, -0.2) is 0 Å². The minimum absolute atomic E-state index is 0.152. The van der Waals surface area contributed by atoms with Crippen molar-refractivity contribution in [2.24, 2.45) is 5.41 Å². The molecule has 0 amide bonds. The second kappa shape index (κ2) is 7.63. The molecule has 0 radical (unpaired) electrons. The number of hydrogen-bond donors (Lipinski definition) is 0. The summed E-state index contributed by atoms with van der Waals surface area (Å²) in [6.45, 7) is 13.6. The van der Waals surface area contributed by atoms with Gasteiger partial charge in [-0.3, -0.25) is 0 Å². The van der Waals surface area contributed by atoms with Crippen molar-refractivity contribution in [3.05, 3.63) is 17.7 Å². The Balaban J connectivity index is 3.33. The van der Waals surface area contributed by atoms with E-state index >= 15 is 0 Å². The number of benzene rings is 1. The van der Waals surface area contributed by atoms with Crippen molar-refractivity contribution in [3.63, 3.8) is 0 Å². The predicted octanol–water partition coefficient (Wildman–Crippen LogP) is 5.96. The number of hydrogen-bond acceptors (Lipinski definition) is 3. The molecule has 2 nitrogen and oxygen atoms in total. The van der Waals surface area contributed by atoms with E-state index in [2.05, 4.69) is 53.7 Å². The molecule has 0 aromatic heterocycles. The van der Waals surface area contributed by atoms with E-state index in [1.54, 1.807) is 14.2 Å². The topological polar surface area (TPSA) is 18.5 Å². The monoisotopic (exact) mass is 324 g/mol. The van der Waals surface area contributed by atoms with Gasteiger partial charge in [0.2, 0.25) is 0 Å². The van der Waals surface area contributed by atoms with Crippen LogP contribution in [0.5, 0.6) is 11.5 Å². The molecule has 0 N–H and O–H groups in total. The van der Waals surface area contributed by atoms with Gasteiger partial charge >= 0.3 is 0 Å². The maximum absolute atomic E-state index is 5.80. The molecule has 3 heteroatoms. The standard InChI is InChI=1S/C19H32O2S/c1-9-18(3,4)13-14-11-12-15(20-7)17(16(14)21-8)22-19(5,6)10-2/h11-12H,9-10,13H2,1-8H3. The zero-order valence-corrected chi connectivity index (χ0v) is 16.3. The summed E-state index contributed by atoms with van der Waals surface area (Å²) in [6, 6.07) is 4.23. The van der Waals surface area contributed by atoms with Gasteiger partial charge in [-0.05, 0) is 29.9 Å².